The molecule has 0 spiro atoms. The van der Waals surface area contributed by atoms with Gasteiger partial charge in [-0.3, -0.25) is 0 Å². The summed E-state index contributed by atoms with van der Waals surface area (Å²) in [4.78, 5) is 22.0. The molecule has 3 rings (SSSR count). The molecule has 0 amide bonds. The molecule has 22 heavy (non-hydrogen) atoms. The molecule has 0 aliphatic carbocycles. The maximum atomic E-state index is 11.2. The van der Waals surface area contributed by atoms with Crippen LogP contribution in [0.25, 0.3) is 0 Å². The predicted octanol–water partition coefficient (Wildman–Crippen LogP) is 1.75. The number of ether oxygens (including phenoxy) is 1. The fourth-order valence-electron chi connectivity index (χ4n) is 2.25. The molecule has 0 saturated carbocycles. The smallest absolute Gasteiger partial charge is 0.337 e. The highest BCUT2D eigenvalue weighted by atomic mass is 16.5. The molecule has 1 fully saturated rings. The molecule has 0 bridgehead atoms. The highest BCUT2D eigenvalue weighted by molar-refractivity contribution is 5.94. The van der Waals surface area contributed by atoms with Gasteiger partial charge in [-0.2, -0.15) is 4.98 Å². The second-order valence-corrected chi connectivity index (χ2v) is 4.82. The highest BCUT2D eigenvalue weighted by Crippen LogP contribution is 2.21. The van der Waals surface area contributed by atoms with E-state index in [1.54, 1.807) is 36.5 Å². The van der Waals surface area contributed by atoms with E-state index in [1.165, 1.54) is 0 Å². The summed E-state index contributed by atoms with van der Waals surface area (Å²) in [5, 5.41) is 12.3. The second-order valence-electron chi connectivity index (χ2n) is 4.82. The quantitative estimate of drug-likeness (QED) is 0.889. The number of nitrogens with one attached hydrogen (secondary N) is 1. The van der Waals surface area contributed by atoms with Crippen molar-refractivity contribution in [2.45, 2.75) is 0 Å². The number of carboxylic acid groups (broad SMARTS) is 1. The van der Waals surface area contributed by atoms with Gasteiger partial charge in [-0.1, -0.05) is 12.1 Å². The van der Waals surface area contributed by atoms with E-state index in [9.17, 15) is 9.90 Å². The van der Waals surface area contributed by atoms with Gasteiger partial charge in [0.25, 0.3) is 0 Å². The number of morpholine rings is 1. The van der Waals surface area contributed by atoms with Crippen LogP contribution in [0.5, 0.6) is 0 Å². The van der Waals surface area contributed by atoms with E-state index in [2.05, 4.69) is 15.3 Å². The summed E-state index contributed by atoms with van der Waals surface area (Å²) < 4.78 is 5.31. The third-order valence-corrected chi connectivity index (χ3v) is 3.36. The van der Waals surface area contributed by atoms with Gasteiger partial charge in [0.05, 0.1) is 24.5 Å². The van der Waals surface area contributed by atoms with Crippen molar-refractivity contribution in [1.29, 1.82) is 0 Å². The number of para-hydroxylation sites is 1. The van der Waals surface area contributed by atoms with Crippen molar-refractivity contribution in [1.82, 2.24) is 9.97 Å². The Balaban J connectivity index is 1.82. The maximum Gasteiger partial charge on any atom is 0.337 e. The Hall–Kier alpha value is -2.67. The molecule has 114 valence electrons. The molecule has 0 unspecified atom stereocenters. The minimum atomic E-state index is -0.981. The SMILES string of the molecule is O=C(O)c1ccccc1Nc1ccnc(N2CCOCC2)n1. The Kier molecular flexibility index (Phi) is 4.15. The van der Waals surface area contributed by atoms with E-state index >= 15 is 0 Å². The molecular weight excluding hydrogens is 284 g/mol. The minimum absolute atomic E-state index is 0.203. The van der Waals surface area contributed by atoms with Crippen LogP contribution in [0.1, 0.15) is 10.4 Å². The lowest BCUT2D eigenvalue weighted by Crippen LogP contribution is -2.37. The van der Waals surface area contributed by atoms with E-state index in [1.807, 2.05) is 4.90 Å². The van der Waals surface area contributed by atoms with Gasteiger partial charge in [-0.25, -0.2) is 9.78 Å². The molecule has 7 nitrogen and oxygen atoms in total. The standard InChI is InChI=1S/C15H16N4O3/c20-14(21)11-3-1-2-4-12(11)17-13-5-6-16-15(18-13)19-7-9-22-10-8-19/h1-6H,7-10H2,(H,20,21)(H,16,17,18). The Bertz CT molecular complexity index is 671. The van der Waals surface area contributed by atoms with Gasteiger partial charge in [0.2, 0.25) is 5.95 Å². The van der Waals surface area contributed by atoms with Gasteiger partial charge in [0.15, 0.2) is 0 Å². The van der Waals surface area contributed by atoms with Crippen LogP contribution in [0.3, 0.4) is 0 Å². The molecule has 2 heterocycles. The third-order valence-electron chi connectivity index (χ3n) is 3.36. The maximum absolute atomic E-state index is 11.2. The molecule has 2 N–H and O–H groups in total. The molecule has 1 aliphatic heterocycles. The zero-order valence-electron chi connectivity index (χ0n) is 11.9. The first-order valence-electron chi connectivity index (χ1n) is 6.99. The van der Waals surface area contributed by atoms with Crippen LogP contribution in [0.4, 0.5) is 17.5 Å². The Morgan fingerprint density at radius 2 is 2.00 bits per heavy atom. The van der Waals surface area contributed by atoms with Crippen LogP contribution < -0.4 is 10.2 Å². The number of carboxylic acids is 1. The fourth-order valence-corrected chi connectivity index (χ4v) is 2.25. The van der Waals surface area contributed by atoms with Crippen molar-refractivity contribution in [2.75, 3.05) is 36.5 Å². The molecule has 0 radical (unpaired) electrons. The Morgan fingerprint density at radius 3 is 2.77 bits per heavy atom. The summed E-state index contributed by atoms with van der Waals surface area (Å²) in [6.45, 7) is 2.80. The van der Waals surface area contributed by atoms with E-state index in [-0.39, 0.29) is 5.56 Å². The Labute approximate surface area is 127 Å². The van der Waals surface area contributed by atoms with E-state index in [0.29, 0.717) is 30.7 Å². The molecule has 1 aromatic carbocycles. The summed E-state index contributed by atoms with van der Waals surface area (Å²) in [7, 11) is 0. The van der Waals surface area contributed by atoms with E-state index in [0.717, 1.165) is 13.1 Å². The average molecular weight is 300 g/mol. The summed E-state index contributed by atoms with van der Waals surface area (Å²) in [6.07, 6.45) is 1.66. The molecule has 1 saturated heterocycles. The van der Waals surface area contributed by atoms with Gasteiger partial charge in [0, 0.05) is 19.3 Å². The second kappa shape index (κ2) is 6.40. The van der Waals surface area contributed by atoms with E-state index < -0.39 is 5.97 Å². The molecule has 2 aromatic rings. The predicted molar refractivity (Wildman–Crippen MR) is 81.7 cm³/mol. The van der Waals surface area contributed by atoms with Crippen molar-refractivity contribution in [3.8, 4) is 0 Å². The van der Waals surface area contributed by atoms with Gasteiger partial charge in [-0.15, -0.1) is 0 Å². The van der Waals surface area contributed by atoms with Crippen molar-refractivity contribution in [3.05, 3.63) is 42.1 Å². The number of hydrogen-bond donors (Lipinski definition) is 2. The Morgan fingerprint density at radius 1 is 1.23 bits per heavy atom. The number of aromatic nitrogens is 2. The van der Waals surface area contributed by atoms with Crippen molar-refractivity contribution in [2.24, 2.45) is 0 Å². The van der Waals surface area contributed by atoms with Gasteiger partial charge in [-0.05, 0) is 18.2 Å². The van der Waals surface area contributed by atoms with Crippen LogP contribution in [-0.2, 0) is 4.74 Å². The van der Waals surface area contributed by atoms with Gasteiger partial charge in [0.1, 0.15) is 5.82 Å². The zero-order chi connectivity index (χ0) is 15.4. The first-order valence-corrected chi connectivity index (χ1v) is 6.99. The van der Waals surface area contributed by atoms with Crippen molar-refractivity contribution < 1.29 is 14.6 Å². The number of hydrogen-bond acceptors (Lipinski definition) is 6. The summed E-state index contributed by atoms with van der Waals surface area (Å²) in [6, 6.07) is 8.43. The van der Waals surface area contributed by atoms with Gasteiger partial charge >= 0.3 is 5.97 Å². The first kappa shape index (κ1) is 14.3. The largest absolute Gasteiger partial charge is 0.478 e. The molecule has 0 atom stereocenters. The zero-order valence-corrected chi connectivity index (χ0v) is 11.9. The van der Waals surface area contributed by atoms with Gasteiger partial charge < -0.3 is 20.1 Å². The average Bonchev–Trinajstić information content (AvgIpc) is 2.56. The molecule has 1 aliphatic rings. The topological polar surface area (TPSA) is 87.6 Å². The molecule has 1 aromatic heterocycles. The van der Waals surface area contributed by atoms with Crippen molar-refractivity contribution >= 4 is 23.4 Å². The molecular formula is C15H16N4O3. The van der Waals surface area contributed by atoms with E-state index in [4.69, 9.17) is 4.74 Å². The minimum Gasteiger partial charge on any atom is -0.478 e. The van der Waals surface area contributed by atoms with Crippen LogP contribution in [-0.4, -0.2) is 47.3 Å². The van der Waals surface area contributed by atoms with Crippen LogP contribution in [0, 0.1) is 0 Å². The van der Waals surface area contributed by atoms with Crippen LogP contribution in [0.2, 0.25) is 0 Å². The van der Waals surface area contributed by atoms with Crippen molar-refractivity contribution in [3.63, 3.8) is 0 Å². The number of anilines is 3. The monoisotopic (exact) mass is 300 g/mol. The lowest BCUT2D eigenvalue weighted by atomic mass is 10.2. The number of aromatic carboxylic acids is 1. The summed E-state index contributed by atoms with van der Waals surface area (Å²) in [5.74, 6) is 0.192. The third kappa shape index (κ3) is 3.15. The fraction of sp³-hybridized carbons (Fsp3) is 0.267. The van der Waals surface area contributed by atoms with Crippen LogP contribution in [0.15, 0.2) is 36.5 Å². The van der Waals surface area contributed by atoms with Crippen LogP contribution >= 0.6 is 0 Å². The number of carbonyl (C=O) groups is 1. The lowest BCUT2D eigenvalue weighted by Gasteiger charge is -2.26. The highest BCUT2D eigenvalue weighted by Gasteiger charge is 2.15. The normalized spacial score (nSPS) is 14.6. The summed E-state index contributed by atoms with van der Waals surface area (Å²) in [5.41, 5.74) is 0.704. The lowest BCUT2D eigenvalue weighted by molar-refractivity contribution is 0.0698. The first-order chi connectivity index (χ1) is 10.7. The number of nitrogens with zero attached hydrogens (tertiary/aromatic N) is 3. The molecule has 7 heteroatoms. The summed E-state index contributed by atoms with van der Waals surface area (Å²) >= 11 is 0. The number of benzene rings is 1. The number of rotatable bonds is 4.